The molecule has 58 valence electrons. The summed E-state index contributed by atoms with van der Waals surface area (Å²) in [4.78, 5) is 2.87. The molecular weight excluding hydrogens is 152 g/mol. The molecule has 0 aromatic carbocycles. The van der Waals surface area contributed by atoms with Gasteiger partial charge >= 0.3 is 0 Å². The SMILES string of the molecule is C#CCCc1ccc(CC)s1. The number of thiophene rings is 1. The zero-order valence-electron chi connectivity index (χ0n) is 6.76. The first-order chi connectivity index (χ1) is 5.36. The van der Waals surface area contributed by atoms with E-state index in [0.717, 1.165) is 19.3 Å². The smallest absolute Gasteiger partial charge is 0.0134 e. The van der Waals surface area contributed by atoms with Crippen molar-refractivity contribution >= 4 is 11.3 Å². The van der Waals surface area contributed by atoms with Crippen molar-refractivity contribution in [2.45, 2.75) is 26.2 Å². The third-order valence-corrected chi connectivity index (χ3v) is 2.87. The maximum atomic E-state index is 5.17. The largest absolute Gasteiger partial charge is 0.145 e. The van der Waals surface area contributed by atoms with Crippen LogP contribution in [0.4, 0.5) is 0 Å². The normalized spacial score (nSPS) is 9.45. The molecule has 1 rings (SSSR count). The fourth-order valence-corrected chi connectivity index (χ4v) is 1.90. The molecule has 11 heavy (non-hydrogen) atoms. The van der Waals surface area contributed by atoms with Gasteiger partial charge < -0.3 is 0 Å². The summed E-state index contributed by atoms with van der Waals surface area (Å²) in [5.74, 6) is 2.65. The first kappa shape index (κ1) is 8.36. The second-order valence-electron chi connectivity index (χ2n) is 2.43. The summed E-state index contributed by atoms with van der Waals surface area (Å²) < 4.78 is 0. The van der Waals surface area contributed by atoms with Crippen LogP contribution in [0.25, 0.3) is 0 Å². The van der Waals surface area contributed by atoms with Crippen molar-refractivity contribution in [1.29, 1.82) is 0 Å². The minimum Gasteiger partial charge on any atom is -0.145 e. The quantitative estimate of drug-likeness (QED) is 0.603. The van der Waals surface area contributed by atoms with E-state index >= 15 is 0 Å². The van der Waals surface area contributed by atoms with Crippen LogP contribution in [0.5, 0.6) is 0 Å². The van der Waals surface area contributed by atoms with Crippen LogP contribution >= 0.6 is 11.3 Å². The standard InChI is InChI=1S/C10H12S/c1-3-5-6-10-8-7-9(4-2)11-10/h1,7-8H,4-6H2,2H3. The number of aryl methyl sites for hydroxylation is 2. The van der Waals surface area contributed by atoms with Gasteiger partial charge in [0, 0.05) is 16.2 Å². The molecule has 0 bridgehead atoms. The van der Waals surface area contributed by atoms with Gasteiger partial charge in [-0.15, -0.1) is 23.7 Å². The Morgan fingerprint density at radius 1 is 1.45 bits per heavy atom. The molecule has 0 aliphatic heterocycles. The number of hydrogen-bond acceptors (Lipinski definition) is 1. The molecule has 0 saturated carbocycles. The number of terminal acetylenes is 1. The lowest BCUT2D eigenvalue weighted by atomic mass is 10.3. The highest BCUT2D eigenvalue weighted by Gasteiger charge is 1.96. The fourth-order valence-electron chi connectivity index (χ4n) is 0.942. The second kappa shape index (κ2) is 4.20. The molecule has 0 saturated heterocycles. The lowest BCUT2D eigenvalue weighted by Gasteiger charge is -1.88. The third-order valence-electron chi connectivity index (χ3n) is 1.58. The Hall–Kier alpha value is -0.740. The van der Waals surface area contributed by atoms with Crippen molar-refractivity contribution in [2.24, 2.45) is 0 Å². The van der Waals surface area contributed by atoms with Gasteiger partial charge in [-0.1, -0.05) is 6.92 Å². The number of hydrogen-bond donors (Lipinski definition) is 0. The zero-order chi connectivity index (χ0) is 8.10. The molecule has 0 N–H and O–H groups in total. The molecule has 0 aliphatic carbocycles. The molecule has 0 spiro atoms. The van der Waals surface area contributed by atoms with Gasteiger partial charge in [-0.05, 0) is 25.0 Å². The van der Waals surface area contributed by atoms with Crippen LogP contribution in [-0.2, 0) is 12.8 Å². The van der Waals surface area contributed by atoms with E-state index in [1.165, 1.54) is 9.75 Å². The molecule has 1 heterocycles. The molecule has 0 aliphatic rings. The van der Waals surface area contributed by atoms with E-state index in [0.29, 0.717) is 0 Å². The molecule has 1 heteroatoms. The lowest BCUT2D eigenvalue weighted by molar-refractivity contribution is 1.06. The Morgan fingerprint density at radius 3 is 2.73 bits per heavy atom. The van der Waals surface area contributed by atoms with Crippen LogP contribution in [0.2, 0.25) is 0 Å². The molecule has 1 aromatic rings. The van der Waals surface area contributed by atoms with Crippen molar-refractivity contribution in [2.75, 3.05) is 0 Å². The van der Waals surface area contributed by atoms with Gasteiger partial charge in [0.15, 0.2) is 0 Å². The average Bonchev–Trinajstić information content (AvgIpc) is 2.48. The summed E-state index contributed by atoms with van der Waals surface area (Å²) in [5, 5.41) is 0. The van der Waals surface area contributed by atoms with Gasteiger partial charge in [-0.25, -0.2) is 0 Å². The Bertz CT molecular complexity index is 252. The Morgan fingerprint density at radius 2 is 2.18 bits per heavy atom. The Kier molecular flexibility index (Phi) is 3.19. The van der Waals surface area contributed by atoms with Crippen molar-refractivity contribution < 1.29 is 0 Å². The van der Waals surface area contributed by atoms with Crippen LogP contribution in [0.15, 0.2) is 12.1 Å². The topological polar surface area (TPSA) is 0 Å². The van der Waals surface area contributed by atoms with Crippen molar-refractivity contribution in [1.82, 2.24) is 0 Å². The zero-order valence-corrected chi connectivity index (χ0v) is 7.58. The molecule has 1 aromatic heterocycles. The summed E-state index contributed by atoms with van der Waals surface area (Å²) in [5.41, 5.74) is 0. The Balaban J connectivity index is 2.53. The second-order valence-corrected chi connectivity index (χ2v) is 3.68. The van der Waals surface area contributed by atoms with E-state index in [-0.39, 0.29) is 0 Å². The average molecular weight is 164 g/mol. The molecule has 0 amide bonds. The van der Waals surface area contributed by atoms with Crippen LogP contribution in [0.1, 0.15) is 23.1 Å². The predicted molar refractivity (Wildman–Crippen MR) is 50.9 cm³/mol. The summed E-state index contributed by atoms with van der Waals surface area (Å²) in [7, 11) is 0. The molecule has 0 atom stereocenters. The minimum atomic E-state index is 0.865. The summed E-state index contributed by atoms with van der Waals surface area (Å²) in [6.45, 7) is 2.18. The monoisotopic (exact) mass is 164 g/mol. The third kappa shape index (κ3) is 2.40. The highest BCUT2D eigenvalue weighted by Crippen LogP contribution is 2.17. The molecule has 0 unspecified atom stereocenters. The molecule has 0 radical (unpaired) electrons. The van der Waals surface area contributed by atoms with Gasteiger partial charge in [0.25, 0.3) is 0 Å². The molecular formula is C10H12S. The van der Waals surface area contributed by atoms with Gasteiger partial charge in [0.1, 0.15) is 0 Å². The van der Waals surface area contributed by atoms with Gasteiger partial charge in [-0.2, -0.15) is 0 Å². The highest BCUT2D eigenvalue weighted by molar-refractivity contribution is 7.11. The summed E-state index contributed by atoms with van der Waals surface area (Å²) in [6.07, 6.45) is 8.22. The lowest BCUT2D eigenvalue weighted by Crippen LogP contribution is -1.74. The van der Waals surface area contributed by atoms with E-state index in [9.17, 15) is 0 Å². The van der Waals surface area contributed by atoms with E-state index in [1.54, 1.807) is 0 Å². The van der Waals surface area contributed by atoms with Crippen LogP contribution in [-0.4, -0.2) is 0 Å². The minimum absolute atomic E-state index is 0.865. The van der Waals surface area contributed by atoms with E-state index < -0.39 is 0 Å². The maximum absolute atomic E-state index is 5.17. The van der Waals surface area contributed by atoms with Crippen LogP contribution in [0.3, 0.4) is 0 Å². The van der Waals surface area contributed by atoms with Gasteiger partial charge in [-0.3, -0.25) is 0 Å². The summed E-state index contributed by atoms with van der Waals surface area (Å²) >= 11 is 1.88. The van der Waals surface area contributed by atoms with Crippen LogP contribution < -0.4 is 0 Å². The van der Waals surface area contributed by atoms with Gasteiger partial charge in [0.2, 0.25) is 0 Å². The van der Waals surface area contributed by atoms with Crippen molar-refractivity contribution in [3.05, 3.63) is 21.9 Å². The first-order valence-electron chi connectivity index (χ1n) is 3.88. The molecule has 0 nitrogen and oxygen atoms in total. The van der Waals surface area contributed by atoms with E-state index in [4.69, 9.17) is 6.42 Å². The molecule has 0 fully saturated rings. The van der Waals surface area contributed by atoms with Crippen molar-refractivity contribution in [3.8, 4) is 12.3 Å². The first-order valence-corrected chi connectivity index (χ1v) is 4.69. The number of rotatable bonds is 3. The van der Waals surface area contributed by atoms with E-state index in [2.05, 4.69) is 25.0 Å². The van der Waals surface area contributed by atoms with E-state index in [1.807, 2.05) is 11.3 Å². The van der Waals surface area contributed by atoms with Crippen molar-refractivity contribution in [3.63, 3.8) is 0 Å². The summed E-state index contributed by atoms with van der Waals surface area (Å²) in [6, 6.07) is 4.37. The fraction of sp³-hybridized carbons (Fsp3) is 0.400. The van der Waals surface area contributed by atoms with Gasteiger partial charge in [0.05, 0.1) is 0 Å². The highest BCUT2D eigenvalue weighted by atomic mass is 32.1. The maximum Gasteiger partial charge on any atom is 0.0134 e. The predicted octanol–water partition coefficient (Wildman–Crippen LogP) is 2.88. The van der Waals surface area contributed by atoms with Crippen LogP contribution in [0, 0.1) is 12.3 Å². The Labute approximate surface area is 72.3 Å².